The van der Waals surface area contributed by atoms with E-state index in [1.54, 1.807) is 6.26 Å². The number of furan rings is 1. The summed E-state index contributed by atoms with van der Waals surface area (Å²) in [7, 11) is 0. The number of nitrogens with zero attached hydrogens (tertiary/aromatic N) is 3. The third-order valence-corrected chi connectivity index (χ3v) is 4.83. The minimum Gasteiger partial charge on any atom is -0.464 e. The molecule has 4 aromatic rings. The lowest BCUT2D eigenvalue weighted by Crippen LogP contribution is -2.08. The first-order valence-electron chi connectivity index (χ1n) is 9.11. The summed E-state index contributed by atoms with van der Waals surface area (Å²) in [5.41, 5.74) is 4.16. The van der Waals surface area contributed by atoms with Crippen LogP contribution in [0, 0.1) is 24.0 Å². The number of carbonyl (C=O) groups excluding carboxylic acids is 1. The standard InChI is InChI=1S/C21H17N3O6/c1-12-3-8-17-15(10-29-20(17)13(12)2)9-19(25)28-11-18-22-23-21(30-18)14-4-6-16(7-5-14)24(26)27/h3-8,10H,9,11H2,1-2H3. The van der Waals surface area contributed by atoms with Gasteiger partial charge in [-0.3, -0.25) is 14.9 Å². The maximum atomic E-state index is 12.2. The molecule has 0 N–H and O–H groups in total. The van der Waals surface area contributed by atoms with Gasteiger partial charge < -0.3 is 13.6 Å². The molecule has 0 atom stereocenters. The molecule has 2 heterocycles. The van der Waals surface area contributed by atoms with Crippen LogP contribution < -0.4 is 0 Å². The number of aryl methyl sites for hydroxylation is 2. The summed E-state index contributed by atoms with van der Waals surface area (Å²) in [4.78, 5) is 22.5. The Labute approximate surface area is 170 Å². The summed E-state index contributed by atoms with van der Waals surface area (Å²) in [6.07, 6.45) is 1.62. The van der Waals surface area contributed by atoms with Crippen molar-refractivity contribution >= 4 is 22.6 Å². The van der Waals surface area contributed by atoms with Gasteiger partial charge in [-0.2, -0.15) is 0 Å². The fourth-order valence-electron chi connectivity index (χ4n) is 3.03. The lowest BCUT2D eigenvalue weighted by Gasteiger charge is -2.02. The normalized spacial score (nSPS) is 11.0. The Morgan fingerprint density at radius 2 is 1.90 bits per heavy atom. The molecule has 152 valence electrons. The van der Waals surface area contributed by atoms with Crippen molar-refractivity contribution in [3.05, 3.63) is 75.4 Å². The minimum absolute atomic E-state index is 0.0375. The van der Waals surface area contributed by atoms with Gasteiger partial charge in [0.25, 0.3) is 11.6 Å². The Morgan fingerprint density at radius 1 is 1.13 bits per heavy atom. The number of carbonyl (C=O) groups is 1. The Morgan fingerprint density at radius 3 is 2.63 bits per heavy atom. The van der Waals surface area contributed by atoms with Gasteiger partial charge in [0.15, 0.2) is 6.61 Å². The molecule has 0 radical (unpaired) electrons. The van der Waals surface area contributed by atoms with Gasteiger partial charge in [0.05, 0.1) is 17.6 Å². The first-order valence-corrected chi connectivity index (χ1v) is 9.11. The van der Waals surface area contributed by atoms with Gasteiger partial charge in [0.2, 0.25) is 5.89 Å². The van der Waals surface area contributed by atoms with E-state index in [0.717, 1.165) is 27.7 Å². The van der Waals surface area contributed by atoms with Crippen molar-refractivity contribution in [2.24, 2.45) is 0 Å². The van der Waals surface area contributed by atoms with E-state index in [0.29, 0.717) is 5.56 Å². The molecule has 0 spiro atoms. The molecule has 0 fully saturated rings. The van der Waals surface area contributed by atoms with Gasteiger partial charge in [0, 0.05) is 28.6 Å². The average Bonchev–Trinajstić information content (AvgIpc) is 3.37. The summed E-state index contributed by atoms with van der Waals surface area (Å²) in [6.45, 7) is 3.80. The van der Waals surface area contributed by atoms with Crippen molar-refractivity contribution in [2.45, 2.75) is 26.9 Å². The molecule has 2 aromatic heterocycles. The van der Waals surface area contributed by atoms with Crippen molar-refractivity contribution in [1.29, 1.82) is 0 Å². The number of esters is 1. The highest BCUT2D eigenvalue weighted by atomic mass is 16.6. The van der Waals surface area contributed by atoms with Crippen LogP contribution in [0.2, 0.25) is 0 Å². The maximum Gasteiger partial charge on any atom is 0.310 e. The number of nitro groups is 1. The lowest BCUT2D eigenvalue weighted by atomic mass is 10.0. The van der Waals surface area contributed by atoms with E-state index in [1.165, 1.54) is 24.3 Å². The number of aromatic nitrogens is 2. The number of fused-ring (bicyclic) bond motifs is 1. The van der Waals surface area contributed by atoms with Crippen LogP contribution in [0.1, 0.15) is 22.6 Å². The second kappa shape index (κ2) is 7.78. The van der Waals surface area contributed by atoms with Gasteiger partial charge in [0.1, 0.15) is 5.58 Å². The van der Waals surface area contributed by atoms with Gasteiger partial charge in [-0.05, 0) is 37.1 Å². The van der Waals surface area contributed by atoms with E-state index in [9.17, 15) is 14.9 Å². The van der Waals surface area contributed by atoms with Gasteiger partial charge in [-0.25, -0.2) is 0 Å². The molecular formula is C21H17N3O6. The maximum absolute atomic E-state index is 12.2. The van der Waals surface area contributed by atoms with Crippen molar-refractivity contribution in [2.75, 3.05) is 0 Å². The third-order valence-electron chi connectivity index (χ3n) is 4.83. The molecule has 9 heteroatoms. The smallest absolute Gasteiger partial charge is 0.310 e. The molecule has 0 aliphatic rings. The van der Waals surface area contributed by atoms with Crippen LogP contribution in [0.5, 0.6) is 0 Å². The van der Waals surface area contributed by atoms with Gasteiger partial charge in [-0.15, -0.1) is 10.2 Å². The summed E-state index contributed by atoms with van der Waals surface area (Å²) in [5.74, 6) is -0.145. The van der Waals surface area contributed by atoms with Crippen LogP contribution >= 0.6 is 0 Å². The topological polar surface area (TPSA) is 122 Å². The van der Waals surface area contributed by atoms with E-state index in [2.05, 4.69) is 10.2 Å². The monoisotopic (exact) mass is 407 g/mol. The largest absolute Gasteiger partial charge is 0.464 e. The Hall–Kier alpha value is -4.01. The van der Waals surface area contributed by atoms with E-state index in [-0.39, 0.29) is 30.5 Å². The molecule has 0 saturated carbocycles. The van der Waals surface area contributed by atoms with Crippen LogP contribution in [0.4, 0.5) is 5.69 Å². The molecule has 0 saturated heterocycles. The summed E-state index contributed by atoms with van der Waals surface area (Å²) in [6, 6.07) is 9.62. The highest BCUT2D eigenvalue weighted by molar-refractivity contribution is 5.88. The van der Waals surface area contributed by atoms with Crippen LogP contribution in [-0.2, 0) is 22.6 Å². The first-order chi connectivity index (χ1) is 14.4. The fraction of sp³-hybridized carbons (Fsp3) is 0.190. The minimum atomic E-state index is -0.492. The van der Waals surface area contributed by atoms with Crippen LogP contribution in [0.25, 0.3) is 22.4 Å². The first kappa shape index (κ1) is 19.3. The fourth-order valence-corrected chi connectivity index (χ4v) is 3.03. The zero-order chi connectivity index (χ0) is 21.3. The highest BCUT2D eigenvalue weighted by Gasteiger charge is 2.16. The second-order valence-corrected chi connectivity index (χ2v) is 6.79. The molecule has 0 bridgehead atoms. The number of benzene rings is 2. The molecule has 9 nitrogen and oxygen atoms in total. The summed E-state index contributed by atoms with van der Waals surface area (Å²) >= 11 is 0. The SMILES string of the molecule is Cc1ccc2c(CC(=O)OCc3nnc(-c4ccc([N+](=O)[O-])cc4)o3)coc2c1C. The molecule has 30 heavy (non-hydrogen) atoms. The Kier molecular flexibility index (Phi) is 5.01. The molecule has 4 rings (SSSR count). The van der Waals surface area contributed by atoms with Gasteiger partial charge >= 0.3 is 5.97 Å². The summed E-state index contributed by atoms with van der Waals surface area (Å²) < 4.78 is 16.3. The van der Waals surface area contributed by atoms with Crippen molar-refractivity contribution in [3.8, 4) is 11.5 Å². The number of rotatable bonds is 6. The molecule has 0 aliphatic carbocycles. The Bertz CT molecular complexity index is 1240. The van der Waals surface area contributed by atoms with Crippen molar-refractivity contribution in [1.82, 2.24) is 10.2 Å². The van der Waals surface area contributed by atoms with Crippen LogP contribution in [0.15, 0.2) is 51.5 Å². The second-order valence-electron chi connectivity index (χ2n) is 6.79. The number of non-ortho nitro benzene ring substituents is 1. The van der Waals surface area contributed by atoms with Gasteiger partial charge in [-0.1, -0.05) is 12.1 Å². The van der Waals surface area contributed by atoms with E-state index < -0.39 is 10.9 Å². The number of nitro benzene ring substituents is 1. The number of ether oxygens (including phenoxy) is 1. The zero-order valence-electron chi connectivity index (χ0n) is 16.2. The highest BCUT2D eigenvalue weighted by Crippen LogP contribution is 2.27. The predicted octanol–water partition coefficient (Wildman–Crippen LogP) is 4.29. The quantitative estimate of drug-likeness (QED) is 0.263. The van der Waals surface area contributed by atoms with E-state index >= 15 is 0 Å². The Balaban J connectivity index is 1.39. The number of hydrogen-bond acceptors (Lipinski definition) is 8. The molecule has 0 aliphatic heterocycles. The summed E-state index contributed by atoms with van der Waals surface area (Å²) in [5, 5.41) is 19.3. The van der Waals surface area contributed by atoms with E-state index in [4.69, 9.17) is 13.6 Å². The van der Waals surface area contributed by atoms with Crippen LogP contribution in [0.3, 0.4) is 0 Å². The van der Waals surface area contributed by atoms with Crippen molar-refractivity contribution in [3.63, 3.8) is 0 Å². The molecular weight excluding hydrogens is 390 g/mol. The zero-order valence-corrected chi connectivity index (χ0v) is 16.2. The molecule has 2 aromatic carbocycles. The predicted molar refractivity (Wildman–Crippen MR) is 106 cm³/mol. The average molecular weight is 407 g/mol. The third kappa shape index (κ3) is 3.77. The number of hydrogen-bond donors (Lipinski definition) is 0. The van der Waals surface area contributed by atoms with Crippen LogP contribution in [-0.4, -0.2) is 21.1 Å². The van der Waals surface area contributed by atoms with E-state index in [1.807, 2.05) is 26.0 Å². The van der Waals surface area contributed by atoms with Crippen molar-refractivity contribution < 1.29 is 23.3 Å². The molecule has 0 amide bonds. The molecule has 0 unspecified atom stereocenters. The lowest BCUT2D eigenvalue weighted by molar-refractivity contribution is -0.384.